The topological polar surface area (TPSA) is 96.0 Å². The summed E-state index contributed by atoms with van der Waals surface area (Å²) < 4.78 is 0. The highest BCUT2D eigenvalue weighted by Crippen LogP contribution is 2.15. The van der Waals surface area contributed by atoms with Crippen molar-refractivity contribution < 1.29 is 9.72 Å². The van der Waals surface area contributed by atoms with E-state index in [9.17, 15) is 14.9 Å². The molecule has 0 aliphatic heterocycles. The van der Waals surface area contributed by atoms with Crippen molar-refractivity contribution in [1.29, 1.82) is 5.26 Å². The number of benzene rings is 1. The number of anilines is 1. The van der Waals surface area contributed by atoms with Crippen LogP contribution in [0.1, 0.15) is 0 Å². The van der Waals surface area contributed by atoms with Crippen molar-refractivity contribution in [3.05, 3.63) is 34.4 Å². The number of nitrogens with one attached hydrogen (secondary N) is 1. The van der Waals surface area contributed by atoms with Crippen molar-refractivity contribution in [3.63, 3.8) is 0 Å². The van der Waals surface area contributed by atoms with Crippen molar-refractivity contribution in [2.75, 3.05) is 16.8 Å². The van der Waals surface area contributed by atoms with E-state index in [1.54, 1.807) is 0 Å². The molecule has 0 unspecified atom stereocenters. The summed E-state index contributed by atoms with van der Waals surface area (Å²) in [5.74, 6) is 0.206. The minimum Gasteiger partial charge on any atom is -0.325 e. The van der Waals surface area contributed by atoms with E-state index in [1.807, 2.05) is 6.07 Å². The summed E-state index contributed by atoms with van der Waals surface area (Å²) in [5.41, 5.74) is 0.472. The summed E-state index contributed by atoms with van der Waals surface area (Å²) >= 11 is 1.21. The zero-order chi connectivity index (χ0) is 12.7. The molecule has 0 radical (unpaired) electrons. The van der Waals surface area contributed by atoms with Gasteiger partial charge in [0.15, 0.2) is 0 Å². The quantitative estimate of drug-likeness (QED) is 0.489. The van der Waals surface area contributed by atoms with Gasteiger partial charge in [-0.1, -0.05) is 0 Å². The van der Waals surface area contributed by atoms with Gasteiger partial charge in [-0.15, -0.1) is 11.8 Å². The van der Waals surface area contributed by atoms with Gasteiger partial charge in [-0.2, -0.15) is 5.26 Å². The number of hydrogen-bond donors (Lipinski definition) is 1. The van der Waals surface area contributed by atoms with Crippen LogP contribution >= 0.6 is 11.8 Å². The Morgan fingerprint density at radius 3 is 2.65 bits per heavy atom. The lowest BCUT2D eigenvalue weighted by atomic mass is 10.3. The Labute approximate surface area is 102 Å². The van der Waals surface area contributed by atoms with E-state index in [4.69, 9.17) is 5.26 Å². The average Bonchev–Trinajstić information content (AvgIpc) is 2.30. The molecule has 0 saturated heterocycles. The highest BCUT2D eigenvalue weighted by Gasteiger charge is 2.06. The maximum atomic E-state index is 11.3. The van der Waals surface area contributed by atoms with Crippen molar-refractivity contribution >= 4 is 29.0 Å². The van der Waals surface area contributed by atoms with Gasteiger partial charge in [-0.05, 0) is 12.1 Å². The van der Waals surface area contributed by atoms with Crippen LogP contribution in [0.3, 0.4) is 0 Å². The molecular formula is C10H9N3O3S. The summed E-state index contributed by atoms with van der Waals surface area (Å²) in [5, 5.41) is 21.3. The molecule has 1 rings (SSSR count). The van der Waals surface area contributed by atoms with Crippen LogP contribution in [0.25, 0.3) is 0 Å². The molecule has 0 heterocycles. The second-order valence-electron chi connectivity index (χ2n) is 3.00. The number of non-ortho nitro benzene ring substituents is 1. The number of carbonyl (C=O) groups is 1. The molecule has 0 fully saturated rings. The zero-order valence-electron chi connectivity index (χ0n) is 8.75. The van der Waals surface area contributed by atoms with Crippen LogP contribution in [-0.4, -0.2) is 22.3 Å². The Balaban J connectivity index is 2.49. The third-order valence-electron chi connectivity index (χ3n) is 1.76. The maximum absolute atomic E-state index is 11.3. The monoisotopic (exact) mass is 251 g/mol. The molecule has 0 spiro atoms. The van der Waals surface area contributed by atoms with Gasteiger partial charge in [-0.3, -0.25) is 14.9 Å². The van der Waals surface area contributed by atoms with Gasteiger partial charge in [0, 0.05) is 17.8 Å². The van der Waals surface area contributed by atoms with Crippen LogP contribution < -0.4 is 5.32 Å². The van der Waals surface area contributed by atoms with Crippen molar-refractivity contribution in [2.45, 2.75) is 0 Å². The second-order valence-corrected chi connectivity index (χ2v) is 3.99. The third-order valence-corrected chi connectivity index (χ3v) is 2.56. The lowest BCUT2D eigenvalue weighted by Crippen LogP contribution is -2.14. The number of hydrogen-bond acceptors (Lipinski definition) is 5. The zero-order valence-corrected chi connectivity index (χ0v) is 9.57. The second kappa shape index (κ2) is 6.50. The molecule has 17 heavy (non-hydrogen) atoms. The molecule has 1 amide bonds. The highest BCUT2D eigenvalue weighted by atomic mass is 32.2. The molecular weight excluding hydrogens is 242 g/mol. The van der Waals surface area contributed by atoms with Gasteiger partial charge in [0.1, 0.15) is 0 Å². The molecule has 6 nitrogen and oxygen atoms in total. The fourth-order valence-electron chi connectivity index (χ4n) is 1.05. The summed E-state index contributed by atoms with van der Waals surface area (Å²) in [7, 11) is 0. The van der Waals surface area contributed by atoms with E-state index >= 15 is 0 Å². The molecule has 1 N–H and O–H groups in total. The first-order valence-electron chi connectivity index (χ1n) is 4.62. The first-order chi connectivity index (χ1) is 8.13. The Morgan fingerprint density at radius 2 is 2.12 bits per heavy atom. The Bertz CT molecular complexity index is 453. The Kier molecular flexibility index (Phi) is 4.97. The van der Waals surface area contributed by atoms with Crippen molar-refractivity contribution in [1.82, 2.24) is 0 Å². The van der Waals surface area contributed by atoms with Crippen molar-refractivity contribution in [3.8, 4) is 6.07 Å². The molecule has 0 bridgehead atoms. The Hall–Kier alpha value is -2.07. The summed E-state index contributed by atoms with van der Waals surface area (Å²) in [6, 6.07) is 7.48. The van der Waals surface area contributed by atoms with Gasteiger partial charge in [-0.25, -0.2) is 0 Å². The fourth-order valence-corrected chi connectivity index (χ4v) is 1.50. The van der Waals surface area contributed by atoms with Crippen LogP contribution in [-0.2, 0) is 4.79 Å². The number of amides is 1. The average molecular weight is 251 g/mol. The standard InChI is InChI=1S/C10H9N3O3S/c11-5-6-17-7-10(14)12-8-1-3-9(4-2-8)13(15)16/h1-4H,6-7H2,(H,12,14). The highest BCUT2D eigenvalue weighted by molar-refractivity contribution is 8.00. The molecule has 0 saturated carbocycles. The van der Waals surface area contributed by atoms with Gasteiger partial charge in [0.05, 0.1) is 22.5 Å². The molecule has 1 aromatic rings. The van der Waals surface area contributed by atoms with Gasteiger partial charge in [0.25, 0.3) is 5.69 Å². The van der Waals surface area contributed by atoms with Crippen LogP contribution in [0.5, 0.6) is 0 Å². The maximum Gasteiger partial charge on any atom is 0.269 e. The number of nitro groups is 1. The van der Waals surface area contributed by atoms with Gasteiger partial charge >= 0.3 is 0 Å². The first-order valence-corrected chi connectivity index (χ1v) is 5.78. The Morgan fingerprint density at radius 1 is 1.47 bits per heavy atom. The number of nitro benzene ring substituents is 1. The van der Waals surface area contributed by atoms with Crippen LogP contribution in [0.4, 0.5) is 11.4 Å². The molecule has 1 aromatic carbocycles. The number of nitrogens with zero attached hydrogens (tertiary/aromatic N) is 2. The lowest BCUT2D eigenvalue weighted by Gasteiger charge is -2.03. The summed E-state index contributed by atoms with van der Waals surface area (Å²) in [6.45, 7) is 0. The largest absolute Gasteiger partial charge is 0.325 e. The number of carbonyl (C=O) groups excluding carboxylic acids is 1. The van der Waals surface area contributed by atoms with Crippen molar-refractivity contribution in [2.24, 2.45) is 0 Å². The van der Waals surface area contributed by atoms with E-state index in [0.29, 0.717) is 5.69 Å². The van der Waals surface area contributed by atoms with Crippen LogP contribution in [0, 0.1) is 21.4 Å². The van der Waals surface area contributed by atoms with E-state index in [2.05, 4.69) is 5.32 Å². The number of nitriles is 1. The third kappa shape index (κ3) is 4.53. The number of rotatable bonds is 5. The molecule has 0 atom stereocenters. The molecule has 88 valence electrons. The SMILES string of the molecule is N#CCSCC(=O)Nc1ccc([N+](=O)[O-])cc1. The minimum atomic E-state index is -0.506. The first kappa shape index (κ1) is 13.0. The fraction of sp³-hybridized carbons (Fsp3) is 0.200. The predicted octanol–water partition coefficient (Wildman–Crippen LogP) is 1.79. The van der Waals surface area contributed by atoms with Gasteiger partial charge in [0.2, 0.25) is 5.91 Å². The summed E-state index contributed by atoms with van der Waals surface area (Å²) in [4.78, 5) is 21.2. The predicted molar refractivity (Wildman–Crippen MR) is 64.7 cm³/mol. The molecule has 0 aliphatic carbocycles. The van der Waals surface area contributed by atoms with E-state index < -0.39 is 4.92 Å². The smallest absolute Gasteiger partial charge is 0.269 e. The van der Waals surface area contributed by atoms with E-state index in [-0.39, 0.29) is 23.1 Å². The lowest BCUT2D eigenvalue weighted by molar-refractivity contribution is -0.384. The summed E-state index contributed by atoms with van der Waals surface area (Å²) in [6.07, 6.45) is 0. The molecule has 0 aliphatic rings. The van der Waals surface area contributed by atoms with E-state index in [1.165, 1.54) is 36.0 Å². The van der Waals surface area contributed by atoms with E-state index in [0.717, 1.165) is 0 Å². The molecule has 7 heteroatoms. The minimum absolute atomic E-state index is 0.0261. The normalized spacial score (nSPS) is 9.35. The number of thioether (sulfide) groups is 1. The van der Waals surface area contributed by atoms with Crippen LogP contribution in [0.15, 0.2) is 24.3 Å². The van der Waals surface area contributed by atoms with Gasteiger partial charge < -0.3 is 5.32 Å². The molecule has 0 aromatic heterocycles. The van der Waals surface area contributed by atoms with Crippen LogP contribution in [0.2, 0.25) is 0 Å².